The maximum absolute atomic E-state index is 13.2. The van der Waals surface area contributed by atoms with Crippen molar-refractivity contribution in [1.82, 2.24) is 15.2 Å². The Morgan fingerprint density at radius 1 is 1.09 bits per heavy atom. The van der Waals surface area contributed by atoms with Crippen LogP contribution in [-0.4, -0.2) is 47.4 Å². The van der Waals surface area contributed by atoms with Crippen molar-refractivity contribution in [3.05, 3.63) is 70.7 Å². The fraction of sp³-hybridized carbons (Fsp3) is 0.346. The lowest BCUT2D eigenvalue weighted by atomic mass is 10.0. The van der Waals surface area contributed by atoms with Crippen LogP contribution >= 0.6 is 11.3 Å². The minimum atomic E-state index is -0.603. The summed E-state index contributed by atoms with van der Waals surface area (Å²) in [4.78, 5) is 33.4. The summed E-state index contributed by atoms with van der Waals surface area (Å²) in [6, 6.07) is 16.9. The number of ether oxygens (including phenoxy) is 1. The molecule has 2 heterocycles. The first-order valence-electron chi connectivity index (χ1n) is 11.4. The van der Waals surface area contributed by atoms with Crippen LogP contribution in [0.4, 0.5) is 0 Å². The van der Waals surface area contributed by atoms with E-state index in [2.05, 4.69) is 10.3 Å². The molecule has 0 aliphatic carbocycles. The Bertz CT molecular complexity index is 1090. The first-order chi connectivity index (χ1) is 16.0. The summed E-state index contributed by atoms with van der Waals surface area (Å²) in [5.41, 5.74) is 2.61. The Morgan fingerprint density at radius 2 is 1.79 bits per heavy atom. The van der Waals surface area contributed by atoms with Gasteiger partial charge in [-0.05, 0) is 56.5 Å². The van der Waals surface area contributed by atoms with Crippen molar-refractivity contribution >= 4 is 23.2 Å². The molecule has 2 aromatic carbocycles. The molecule has 4 rings (SSSR count). The zero-order valence-electron chi connectivity index (χ0n) is 19.0. The van der Waals surface area contributed by atoms with Gasteiger partial charge in [0.05, 0.1) is 12.3 Å². The number of benzene rings is 2. The van der Waals surface area contributed by atoms with E-state index < -0.39 is 6.04 Å². The number of likely N-dealkylation sites (tertiary alicyclic amines) is 1. The number of aryl methyl sites for hydroxylation is 1. The Hall–Kier alpha value is -3.19. The molecular weight excluding hydrogens is 434 g/mol. The van der Waals surface area contributed by atoms with Gasteiger partial charge in [0, 0.05) is 25.1 Å². The fourth-order valence-electron chi connectivity index (χ4n) is 4.02. The van der Waals surface area contributed by atoms with Gasteiger partial charge < -0.3 is 15.0 Å². The number of hydrogen-bond donors (Lipinski definition) is 1. The van der Waals surface area contributed by atoms with Gasteiger partial charge in [0.2, 0.25) is 5.91 Å². The number of amides is 2. The summed E-state index contributed by atoms with van der Waals surface area (Å²) in [5.74, 6) is 0.533. The highest BCUT2D eigenvalue weighted by Crippen LogP contribution is 2.29. The molecule has 1 atom stereocenters. The molecule has 0 bridgehead atoms. The van der Waals surface area contributed by atoms with Crippen LogP contribution in [0.5, 0.6) is 5.75 Å². The van der Waals surface area contributed by atoms with E-state index in [0.29, 0.717) is 23.6 Å². The van der Waals surface area contributed by atoms with E-state index in [1.54, 1.807) is 0 Å². The van der Waals surface area contributed by atoms with Crippen molar-refractivity contribution in [3.63, 3.8) is 0 Å². The highest BCUT2D eigenvalue weighted by atomic mass is 32.1. The van der Waals surface area contributed by atoms with Gasteiger partial charge in [0.15, 0.2) is 0 Å². The minimum absolute atomic E-state index is 0.0152. The van der Waals surface area contributed by atoms with Gasteiger partial charge in [-0.3, -0.25) is 9.59 Å². The standard InChI is InChI=1S/C26H29N3O3S/c1-3-32-21-13-11-20(12-14-21)25-27-18(2)23(33-25)24(30)28-22(17-19-9-5-4-6-10-19)26(31)29-15-7-8-16-29/h4-6,9-14,22H,3,7-8,15-17H2,1-2H3,(H,28,30). The average molecular weight is 464 g/mol. The van der Waals surface area contributed by atoms with Crippen LogP contribution in [0, 0.1) is 6.92 Å². The first-order valence-corrected chi connectivity index (χ1v) is 12.2. The van der Waals surface area contributed by atoms with E-state index in [0.717, 1.165) is 47.8 Å². The molecule has 0 saturated carbocycles. The summed E-state index contributed by atoms with van der Waals surface area (Å²) in [7, 11) is 0. The molecule has 1 unspecified atom stereocenters. The fourth-order valence-corrected chi connectivity index (χ4v) is 5.00. The zero-order valence-corrected chi connectivity index (χ0v) is 19.9. The van der Waals surface area contributed by atoms with E-state index in [4.69, 9.17) is 4.74 Å². The second-order valence-corrected chi connectivity index (χ2v) is 9.14. The van der Waals surface area contributed by atoms with E-state index in [-0.39, 0.29) is 11.8 Å². The van der Waals surface area contributed by atoms with Gasteiger partial charge in [-0.1, -0.05) is 30.3 Å². The zero-order chi connectivity index (χ0) is 23.2. The quantitative estimate of drug-likeness (QED) is 0.535. The predicted molar refractivity (Wildman–Crippen MR) is 131 cm³/mol. The number of carbonyl (C=O) groups is 2. The Balaban J connectivity index is 1.52. The monoisotopic (exact) mass is 463 g/mol. The molecule has 33 heavy (non-hydrogen) atoms. The average Bonchev–Trinajstić information content (AvgIpc) is 3.50. The van der Waals surface area contributed by atoms with Crippen molar-refractivity contribution in [2.45, 2.75) is 39.2 Å². The minimum Gasteiger partial charge on any atom is -0.494 e. The van der Waals surface area contributed by atoms with Crippen LogP contribution in [0.2, 0.25) is 0 Å². The highest BCUT2D eigenvalue weighted by Gasteiger charge is 2.29. The van der Waals surface area contributed by atoms with Gasteiger partial charge in [-0.25, -0.2) is 4.98 Å². The number of nitrogens with one attached hydrogen (secondary N) is 1. The number of carbonyl (C=O) groups excluding carboxylic acids is 2. The van der Waals surface area contributed by atoms with Gasteiger partial charge in [-0.2, -0.15) is 0 Å². The maximum Gasteiger partial charge on any atom is 0.263 e. The normalized spacial score (nSPS) is 14.2. The lowest BCUT2D eigenvalue weighted by Crippen LogP contribution is -2.49. The van der Waals surface area contributed by atoms with Crippen molar-refractivity contribution in [2.75, 3.05) is 19.7 Å². The van der Waals surface area contributed by atoms with Crippen LogP contribution in [0.3, 0.4) is 0 Å². The second-order valence-electron chi connectivity index (χ2n) is 8.14. The van der Waals surface area contributed by atoms with Gasteiger partial charge >= 0.3 is 0 Å². The molecule has 1 aliphatic rings. The van der Waals surface area contributed by atoms with Crippen LogP contribution in [0.1, 0.15) is 40.7 Å². The van der Waals surface area contributed by atoms with Crippen molar-refractivity contribution in [2.24, 2.45) is 0 Å². The molecule has 1 fully saturated rings. The van der Waals surface area contributed by atoms with Crippen molar-refractivity contribution in [3.8, 4) is 16.3 Å². The number of rotatable bonds is 8. The SMILES string of the molecule is CCOc1ccc(-c2nc(C)c(C(=O)NC(Cc3ccccc3)C(=O)N3CCCC3)s2)cc1. The smallest absolute Gasteiger partial charge is 0.263 e. The Labute approximate surface area is 198 Å². The van der Waals surface area contributed by atoms with Crippen LogP contribution in [0.25, 0.3) is 10.6 Å². The maximum atomic E-state index is 13.2. The molecule has 0 spiro atoms. The molecule has 1 saturated heterocycles. The van der Waals surface area contributed by atoms with Gasteiger partial charge in [0.25, 0.3) is 5.91 Å². The summed E-state index contributed by atoms with van der Waals surface area (Å²) in [5, 5.41) is 3.78. The summed E-state index contributed by atoms with van der Waals surface area (Å²) in [6.45, 7) is 5.89. The van der Waals surface area contributed by atoms with Crippen LogP contribution < -0.4 is 10.1 Å². The third kappa shape index (κ3) is 5.60. The van der Waals surface area contributed by atoms with Crippen molar-refractivity contribution < 1.29 is 14.3 Å². The molecule has 0 radical (unpaired) electrons. The Kier molecular flexibility index (Phi) is 7.40. The van der Waals surface area contributed by atoms with E-state index in [1.165, 1.54) is 11.3 Å². The summed E-state index contributed by atoms with van der Waals surface area (Å²) < 4.78 is 5.50. The molecule has 172 valence electrons. The molecule has 7 heteroatoms. The lowest BCUT2D eigenvalue weighted by molar-refractivity contribution is -0.132. The third-order valence-corrected chi connectivity index (χ3v) is 6.92. The van der Waals surface area contributed by atoms with E-state index in [1.807, 2.05) is 73.3 Å². The van der Waals surface area contributed by atoms with Gasteiger partial charge in [0.1, 0.15) is 21.7 Å². The molecule has 1 aromatic heterocycles. The molecule has 2 amide bonds. The largest absolute Gasteiger partial charge is 0.494 e. The highest BCUT2D eigenvalue weighted by molar-refractivity contribution is 7.17. The van der Waals surface area contributed by atoms with Crippen LogP contribution in [-0.2, 0) is 11.2 Å². The topological polar surface area (TPSA) is 71.5 Å². The predicted octanol–water partition coefficient (Wildman–Crippen LogP) is 4.48. The van der Waals surface area contributed by atoms with Crippen molar-refractivity contribution in [1.29, 1.82) is 0 Å². The number of nitrogens with zero attached hydrogens (tertiary/aromatic N) is 2. The third-order valence-electron chi connectivity index (χ3n) is 5.72. The number of hydrogen-bond acceptors (Lipinski definition) is 5. The lowest BCUT2D eigenvalue weighted by Gasteiger charge is -2.24. The first kappa shape index (κ1) is 23.0. The molecule has 3 aromatic rings. The summed E-state index contributed by atoms with van der Waals surface area (Å²) in [6.07, 6.45) is 2.49. The van der Waals surface area contributed by atoms with E-state index in [9.17, 15) is 9.59 Å². The number of thiazole rings is 1. The molecule has 6 nitrogen and oxygen atoms in total. The second kappa shape index (κ2) is 10.6. The van der Waals surface area contributed by atoms with E-state index >= 15 is 0 Å². The summed E-state index contributed by atoms with van der Waals surface area (Å²) >= 11 is 1.34. The molecular formula is C26H29N3O3S. The molecule has 1 N–H and O–H groups in total. The molecule has 1 aliphatic heterocycles. The van der Waals surface area contributed by atoms with Crippen LogP contribution in [0.15, 0.2) is 54.6 Å². The Morgan fingerprint density at radius 3 is 2.45 bits per heavy atom. The van der Waals surface area contributed by atoms with Gasteiger partial charge in [-0.15, -0.1) is 11.3 Å². The number of aromatic nitrogens is 1.